The van der Waals surface area contributed by atoms with Gasteiger partial charge in [0.1, 0.15) is 16.0 Å². The Morgan fingerprint density at radius 3 is 2.71 bits per heavy atom. The number of ether oxygens (including phenoxy) is 1. The normalized spacial score (nSPS) is 20.6. The van der Waals surface area contributed by atoms with Crippen LogP contribution in [0, 0.1) is 0 Å². The highest BCUT2D eigenvalue weighted by Crippen LogP contribution is 2.32. The van der Waals surface area contributed by atoms with Crippen LogP contribution in [0.5, 0.6) is 0 Å². The molecule has 0 aromatic carbocycles. The maximum Gasteiger partial charge on any atom is 0.345 e. The third kappa shape index (κ3) is 3.56. The Morgan fingerprint density at radius 1 is 1.54 bits per heavy atom. The molecule has 1 aromatic heterocycles. The fraction of sp³-hybridized carbons (Fsp3) is 0.462. The van der Waals surface area contributed by atoms with Crippen LogP contribution in [0.15, 0.2) is 17.3 Å². The van der Waals surface area contributed by atoms with E-state index in [9.17, 15) is 18.4 Å². The van der Waals surface area contributed by atoms with Crippen LogP contribution in [-0.2, 0) is 9.53 Å². The predicted molar refractivity (Wildman–Crippen MR) is 84.2 cm³/mol. The standard InChI is InChI=1S/C13H16BrF2N5O3/c1-2-8(22)20-4-6(3-7(20)5-24-13(15)16)21-11(17)9(12(18)23)10(14)19-21/h2,6-7,13H,1,3-5,17H2,(H2,18,23)/t6-,7+/m0/s1. The molecular weight excluding hydrogens is 392 g/mol. The van der Waals surface area contributed by atoms with Crippen molar-refractivity contribution in [3.63, 3.8) is 0 Å². The molecule has 1 aliphatic rings. The summed E-state index contributed by atoms with van der Waals surface area (Å²) in [7, 11) is 0. The number of likely N-dealkylation sites (tertiary alicyclic amines) is 1. The molecule has 132 valence electrons. The first-order valence-corrected chi connectivity index (χ1v) is 7.71. The molecule has 2 rings (SSSR count). The molecular formula is C13H16BrF2N5O3. The van der Waals surface area contributed by atoms with Gasteiger partial charge in [-0.3, -0.25) is 9.59 Å². The Morgan fingerprint density at radius 2 is 2.21 bits per heavy atom. The Hall–Kier alpha value is -2.01. The second-order valence-corrected chi connectivity index (χ2v) is 5.94. The highest BCUT2D eigenvalue weighted by Gasteiger charge is 2.38. The lowest BCUT2D eigenvalue weighted by atomic mass is 10.2. The van der Waals surface area contributed by atoms with Gasteiger partial charge in [0, 0.05) is 6.54 Å². The minimum atomic E-state index is -2.94. The number of rotatable bonds is 6. The zero-order valence-electron chi connectivity index (χ0n) is 12.5. The molecule has 4 N–H and O–H groups in total. The molecule has 0 aliphatic carbocycles. The van der Waals surface area contributed by atoms with Crippen LogP contribution < -0.4 is 11.5 Å². The molecule has 1 saturated heterocycles. The van der Waals surface area contributed by atoms with Gasteiger partial charge in [-0.05, 0) is 28.4 Å². The number of nitrogens with two attached hydrogens (primary N) is 2. The Balaban J connectivity index is 2.26. The van der Waals surface area contributed by atoms with Gasteiger partial charge in [0.25, 0.3) is 5.91 Å². The molecule has 0 radical (unpaired) electrons. The molecule has 0 bridgehead atoms. The number of hydrogen-bond acceptors (Lipinski definition) is 5. The summed E-state index contributed by atoms with van der Waals surface area (Å²) in [4.78, 5) is 24.7. The van der Waals surface area contributed by atoms with Crippen LogP contribution in [0.25, 0.3) is 0 Å². The molecule has 2 heterocycles. The summed E-state index contributed by atoms with van der Waals surface area (Å²) in [6.07, 6.45) is 1.37. The van der Waals surface area contributed by atoms with Crippen molar-refractivity contribution in [1.29, 1.82) is 0 Å². The van der Waals surface area contributed by atoms with Crippen LogP contribution in [0.1, 0.15) is 22.8 Å². The first-order valence-electron chi connectivity index (χ1n) is 6.92. The van der Waals surface area contributed by atoms with Crippen LogP contribution in [-0.4, -0.2) is 52.3 Å². The SMILES string of the molecule is C=CC(=O)N1C[C@@H](n2nc(Br)c(C(N)=O)c2N)C[C@@H]1COC(F)F. The monoisotopic (exact) mass is 407 g/mol. The third-order valence-electron chi connectivity index (χ3n) is 3.76. The number of amides is 2. The summed E-state index contributed by atoms with van der Waals surface area (Å²) < 4.78 is 30.4. The van der Waals surface area contributed by atoms with Gasteiger partial charge in [-0.15, -0.1) is 0 Å². The number of halogens is 3. The number of anilines is 1. The van der Waals surface area contributed by atoms with Gasteiger partial charge in [0.15, 0.2) is 0 Å². The van der Waals surface area contributed by atoms with E-state index in [1.54, 1.807) is 0 Å². The first-order chi connectivity index (χ1) is 11.3. The summed E-state index contributed by atoms with van der Waals surface area (Å²) in [6.45, 7) is 0.291. The van der Waals surface area contributed by atoms with E-state index < -0.39 is 30.5 Å². The lowest BCUT2D eigenvalue weighted by Gasteiger charge is -2.22. The molecule has 2 amide bonds. The molecule has 1 fully saturated rings. The highest BCUT2D eigenvalue weighted by molar-refractivity contribution is 9.10. The van der Waals surface area contributed by atoms with Crippen molar-refractivity contribution in [2.45, 2.75) is 25.1 Å². The molecule has 24 heavy (non-hydrogen) atoms. The lowest BCUT2D eigenvalue weighted by Crippen LogP contribution is -2.37. The summed E-state index contributed by atoms with van der Waals surface area (Å²) in [5.74, 6) is -1.12. The van der Waals surface area contributed by atoms with E-state index in [0.717, 1.165) is 6.08 Å². The minimum Gasteiger partial charge on any atom is -0.383 e. The van der Waals surface area contributed by atoms with Gasteiger partial charge in [0.2, 0.25) is 5.91 Å². The van der Waals surface area contributed by atoms with E-state index in [2.05, 4.69) is 32.3 Å². The number of nitrogens with zero attached hydrogens (tertiary/aromatic N) is 3. The van der Waals surface area contributed by atoms with E-state index in [0.29, 0.717) is 0 Å². The zero-order valence-corrected chi connectivity index (χ0v) is 14.1. The maximum atomic E-state index is 12.3. The molecule has 2 atom stereocenters. The van der Waals surface area contributed by atoms with Crippen molar-refractivity contribution in [3.05, 3.63) is 22.8 Å². The third-order valence-corrected chi connectivity index (χ3v) is 4.32. The van der Waals surface area contributed by atoms with Gasteiger partial charge >= 0.3 is 6.61 Å². The van der Waals surface area contributed by atoms with Crippen LogP contribution >= 0.6 is 15.9 Å². The zero-order chi connectivity index (χ0) is 18.0. The number of hydrogen-bond donors (Lipinski definition) is 2. The van der Waals surface area contributed by atoms with Gasteiger partial charge in [0.05, 0.1) is 18.7 Å². The van der Waals surface area contributed by atoms with Crippen molar-refractivity contribution in [2.75, 3.05) is 18.9 Å². The van der Waals surface area contributed by atoms with Crippen molar-refractivity contribution < 1.29 is 23.1 Å². The number of nitrogen functional groups attached to an aromatic ring is 1. The quantitative estimate of drug-likeness (QED) is 0.679. The molecule has 11 heteroatoms. The average molecular weight is 408 g/mol. The maximum absolute atomic E-state index is 12.3. The number of carbonyl (C=O) groups excluding carboxylic acids is 2. The number of aromatic nitrogens is 2. The molecule has 1 aromatic rings. The van der Waals surface area contributed by atoms with Crippen molar-refractivity contribution in [1.82, 2.24) is 14.7 Å². The van der Waals surface area contributed by atoms with Gasteiger partial charge in [-0.25, -0.2) is 4.68 Å². The highest BCUT2D eigenvalue weighted by atomic mass is 79.9. The number of carbonyl (C=O) groups is 2. The number of alkyl halides is 2. The van der Waals surface area contributed by atoms with Gasteiger partial charge in [-0.1, -0.05) is 6.58 Å². The molecule has 8 nitrogen and oxygen atoms in total. The lowest BCUT2D eigenvalue weighted by molar-refractivity contribution is -0.146. The smallest absolute Gasteiger partial charge is 0.345 e. The Kier molecular flexibility index (Phi) is 5.54. The van der Waals surface area contributed by atoms with Crippen LogP contribution in [0.4, 0.5) is 14.6 Å². The van der Waals surface area contributed by atoms with Crippen molar-refractivity contribution in [2.24, 2.45) is 5.73 Å². The topological polar surface area (TPSA) is 116 Å². The van der Waals surface area contributed by atoms with Gasteiger partial charge < -0.3 is 21.1 Å². The van der Waals surface area contributed by atoms with E-state index >= 15 is 0 Å². The van der Waals surface area contributed by atoms with Crippen molar-refractivity contribution >= 4 is 33.6 Å². The molecule has 0 unspecified atom stereocenters. The van der Waals surface area contributed by atoms with Crippen LogP contribution in [0.2, 0.25) is 0 Å². The minimum absolute atomic E-state index is 0.0314. The summed E-state index contributed by atoms with van der Waals surface area (Å²) in [5.41, 5.74) is 11.2. The fourth-order valence-electron chi connectivity index (χ4n) is 2.72. The largest absolute Gasteiger partial charge is 0.383 e. The summed E-state index contributed by atoms with van der Waals surface area (Å²) in [6, 6.07) is -1.00. The van der Waals surface area contributed by atoms with E-state index in [1.165, 1.54) is 9.58 Å². The van der Waals surface area contributed by atoms with E-state index in [-0.39, 0.29) is 35.6 Å². The molecule has 0 saturated carbocycles. The summed E-state index contributed by atoms with van der Waals surface area (Å²) in [5, 5.41) is 4.12. The van der Waals surface area contributed by atoms with E-state index in [4.69, 9.17) is 11.5 Å². The number of primary amides is 1. The van der Waals surface area contributed by atoms with Crippen molar-refractivity contribution in [3.8, 4) is 0 Å². The van der Waals surface area contributed by atoms with Gasteiger partial charge in [-0.2, -0.15) is 13.9 Å². The second kappa shape index (κ2) is 7.26. The Bertz CT molecular complexity index is 666. The summed E-state index contributed by atoms with van der Waals surface area (Å²) >= 11 is 3.10. The Labute approximate surface area is 144 Å². The molecule has 0 spiro atoms. The fourth-order valence-corrected chi connectivity index (χ4v) is 3.29. The van der Waals surface area contributed by atoms with E-state index in [1.807, 2.05) is 0 Å². The molecule has 1 aliphatic heterocycles. The van der Waals surface area contributed by atoms with Crippen LogP contribution in [0.3, 0.4) is 0 Å². The first kappa shape index (κ1) is 18.3. The predicted octanol–water partition coefficient (Wildman–Crippen LogP) is 0.894. The second-order valence-electron chi connectivity index (χ2n) is 5.19. The average Bonchev–Trinajstić information content (AvgIpc) is 3.05.